The van der Waals surface area contributed by atoms with Gasteiger partial charge in [0.2, 0.25) is 5.43 Å². The normalized spacial score (nSPS) is 10.2. The Morgan fingerprint density at radius 2 is 1.95 bits per heavy atom. The van der Waals surface area contributed by atoms with E-state index in [1.807, 2.05) is 30.3 Å². The number of benzene rings is 1. The zero-order valence-corrected chi connectivity index (χ0v) is 11.1. The van der Waals surface area contributed by atoms with Crippen LogP contribution in [-0.2, 0) is 17.9 Å². The molecule has 2 aromatic rings. The van der Waals surface area contributed by atoms with Crippen LogP contribution in [0.15, 0.2) is 47.4 Å². The molecule has 0 radical (unpaired) electrons. The Morgan fingerprint density at radius 1 is 1.25 bits per heavy atom. The summed E-state index contributed by atoms with van der Waals surface area (Å²) in [6, 6.07) is 10.8. The van der Waals surface area contributed by atoms with Gasteiger partial charge >= 0.3 is 5.97 Å². The summed E-state index contributed by atoms with van der Waals surface area (Å²) in [7, 11) is 0. The highest BCUT2D eigenvalue weighted by Crippen LogP contribution is 2.13. The lowest BCUT2D eigenvalue weighted by molar-refractivity contribution is -0.137. The monoisotopic (exact) mass is 273 g/mol. The Morgan fingerprint density at radius 3 is 2.60 bits per heavy atom. The molecule has 5 heteroatoms. The van der Waals surface area contributed by atoms with Crippen LogP contribution >= 0.6 is 0 Å². The summed E-state index contributed by atoms with van der Waals surface area (Å²) in [5, 5.41) is 8.82. The fourth-order valence-electron chi connectivity index (χ4n) is 1.88. The van der Waals surface area contributed by atoms with Gasteiger partial charge < -0.3 is 14.4 Å². The molecular weight excluding hydrogens is 258 g/mol. The van der Waals surface area contributed by atoms with Crippen molar-refractivity contribution in [3.63, 3.8) is 0 Å². The minimum atomic E-state index is -0.967. The quantitative estimate of drug-likeness (QED) is 0.902. The predicted octanol–water partition coefficient (Wildman–Crippen LogP) is 1.82. The molecule has 0 atom stereocenters. The van der Waals surface area contributed by atoms with Crippen molar-refractivity contribution in [1.82, 2.24) is 4.57 Å². The maximum Gasteiger partial charge on any atom is 0.323 e. The van der Waals surface area contributed by atoms with Crippen LogP contribution in [0.2, 0.25) is 0 Å². The van der Waals surface area contributed by atoms with Crippen molar-refractivity contribution < 1.29 is 14.6 Å². The molecule has 0 saturated carbocycles. The van der Waals surface area contributed by atoms with E-state index in [9.17, 15) is 9.59 Å². The first-order valence-electron chi connectivity index (χ1n) is 6.16. The molecule has 5 nitrogen and oxygen atoms in total. The lowest BCUT2D eigenvalue weighted by atomic mass is 10.2. The Balaban J connectivity index is 2.22. The van der Waals surface area contributed by atoms with Crippen molar-refractivity contribution >= 4 is 5.97 Å². The molecule has 0 fully saturated rings. The van der Waals surface area contributed by atoms with Crippen LogP contribution in [0.1, 0.15) is 11.3 Å². The van der Waals surface area contributed by atoms with Crippen molar-refractivity contribution in [2.75, 3.05) is 0 Å². The van der Waals surface area contributed by atoms with Gasteiger partial charge in [0.15, 0.2) is 5.75 Å². The summed E-state index contributed by atoms with van der Waals surface area (Å²) in [4.78, 5) is 22.6. The number of carbonyl (C=O) groups is 1. The molecule has 0 unspecified atom stereocenters. The van der Waals surface area contributed by atoms with Crippen LogP contribution in [0.3, 0.4) is 0 Å². The van der Waals surface area contributed by atoms with Crippen molar-refractivity contribution in [1.29, 1.82) is 0 Å². The van der Waals surface area contributed by atoms with Crippen LogP contribution in [0.4, 0.5) is 0 Å². The molecule has 0 amide bonds. The maximum absolute atomic E-state index is 11.8. The molecule has 0 bridgehead atoms. The number of aromatic nitrogens is 1. The highest BCUT2D eigenvalue weighted by Gasteiger charge is 2.10. The lowest BCUT2D eigenvalue weighted by Gasteiger charge is -2.13. The SMILES string of the molecule is Cc1c(OCc2ccccc2)c(=O)ccn1CC(=O)O. The third-order valence-corrected chi connectivity index (χ3v) is 2.92. The number of carboxylic acid groups (broad SMARTS) is 1. The van der Waals surface area contributed by atoms with E-state index in [-0.39, 0.29) is 24.3 Å². The van der Waals surface area contributed by atoms with Crippen molar-refractivity contribution in [3.8, 4) is 5.75 Å². The average molecular weight is 273 g/mol. The number of carboxylic acids is 1. The molecule has 0 aliphatic heterocycles. The van der Waals surface area contributed by atoms with Gasteiger partial charge in [-0.15, -0.1) is 0 Å². The zero-order chi connectivity index (χ0) is 14.5. The second kappa shape index (κ2) is 6.06. The van der Waals surface area contributed by atoms with E-state index in [1.165, 1.54) is 16.8 Å². The summed E-state index contributed by atoms with van der Waals surface area (Å²) < 4.78 is 7.03. The summed E-state index contributed by atoms with van der Waals surface area (Å²) in [6.45, 7) is 1.74. The molecule has 0 saturated heterocycles. The van der Waals surface area contributed by atoms with Crippen LogP contribution in [0.25, 0.3) is 0 Å². The third kappa shape index (κ3) is 3.26. The van der Waals surface area contributed by atoms with E-state index in [0.717, 1.165) is 5.56 Å². The third-order valence-electron chi connectivity index (χ3n) is 2.92. The van der Waals surface area contributed by atoms with Gasteiger partial charge in [-0.3, -0.25) is 9.59 Å². The van der Waals surface area contributed by atoms with Crippen LogP contribution in [-0.4, -0.2) is 15.6 Å². The molecule has 1 aromatic heterocycles. The smallest absolute Gasteiger partial charge is 0.323 e. The van der Waals surface area contributed by atoms with Gasteiger partial charge in [0.25, 0.3) is 0 Å². The Labute approximate surface area is 116 Å². The van der Waals surface area contributed by atoms with Crippen LogP contribution in [0.5, 0.6) is 5.75 Å². The van der Waals surface area contributed by atoms with Crippen molar-refractivity contribution in [2.24, 2.45) is 0 Å². The minimum absolute atomic E-state index is 0.192. The molecule has 104 valence electrons. The van der Waals surface area contributed by atoms with Crippen molar-refractivity contribution in [3.05, 3.63) is 64.1 Å². The highest BCUT2D eigenvalue weighted by atomic mass is 16.5. The van der Waals surface area contributed by atoms with Gasteiger partial charge in [0.05, 0.1) is 5.69 Å². The predicted molar refractivity (Wildman–Crippen MR) is 73.8 cm³/mol. The van der Waals surface area contributed by atoms with E-state index in [2.05, 4.69) is 0 Å². The molecule has 2 rings (SSSR count). The Hall–Kier alpha value is -2.56. The first kappa shape index (κ1) is 13.9. The number of aliphatic carboxylic acids is 1. The summed E-state index contributed by atoms with van der Waals surface area (Å²) in [5.74, 6) is -0.775. The molecule has 1 N–H and O–H groups in total. The van der Waals surface area contributed by atoms with Gasteiger partial charge in [-0.05, 0) is 12.5 Å². The topological polar surface area (TPSA) is 68.5 Å². The Bertz CT molecular complexity index is 661. The average Bonchev–Trinajstić information content (AvgIpc) is 2.43. The molecule has 1 aromatic carbocycles. The molecule has 0 spiro atoms. The number of ether oxygens (including phenoxy) is 1. The van der Waals surface area contributed by atoms with Crippen molar-refractivity contribution in [2.45, 2.75) is 20.1 Å². The van der Waals surface area contributed by atoms with Gasteiger partial charge in [-0.2, -0.15) is 0 Å². The minimum Gasteiger partial charge on any atom is -0.483 e. The van der Waals surface area contributed by atoms with E-state index in [1.54, 1.807) is 6.92 Å². The van der Waals surface area contributed by atoms with Gasteiger partial charge in [0.1, 0.15) is 13.2 Å². The van der Waals surface area contributed by atoms with Crippen LogP contribution < -0.4 is 10.2 Å². The highest BCUT2D eigenvalue weighted by molar-refractivity contribution is 5.66. The molecule has 1 heterocycles. The first-order chi connectivity index (χ1) is 9.58. The second-order valence-corrected chi connectivity index (χ2v) is 4.39. The fourth-order valence-corrected chi connectivity index (χ4v) is 1.88. The number of pyridine rings is 1. The second-order valence-electron chi connectivity index (χ2n) is 4.39. The van der Waals surface area contributed by atoms with Crippen LogP contribution in [0, 0.1) is 6.92 Å². The maximum atomic E-state index is 11.8. The molecule has 0 aliphatic carbocycles. The first-order valence-corrected chi connectivity index (χ1v) is 6.16. The fraction of sp³-hybridized carbons (Fsp3) is 0.200. The zero-order valence-electron chi connectivity index (χ0n) is 11.1. The van der Waals surface area contributed by atoms with E-state index in [0.29, 0.717) is 5.69 Å². The molecular formula is C15H15NO4. The molecule has 0 aliphatic rings. The standard InChI is InChI=1S/C15H15NO4/c1-11-15(20-10-12-5-3-2-4-6-12)13(17)7-8-16(11)9-14(18)19/h2-8H,9-10H2,1H3,(H,18,19). The summed E-state index contributed by atoms with van der Waals surface area (Å²) >= 11 is 0. The largest absolute Gasteiger partial charge is 0.483 e. The van der Waals surface area contributed by atoms with E-state index < -0.39 is 5.97 Å². The van der Waals surface area contributed by atoms with Gasteiger partial charge in [0, 0.05) is 12.3 Å². The summed E-state index contributed by atoms with van der Waals surface area (Å²) in [6.07, 6.45) is 1.46. The van der Waals surface area contributed by atoms with Gasteiger partial charge in [-0.25, -0.2) is 0 Å². The molecule has 20 heavy (non-hydrogen) atoms. The van der Waals surface area contributed by atoms with E-state index in [4.69, 9.17) is 9.84 Å². The van der Waals surface area contributed by atoms with E-state index >= 15 is 0 Å². The lowest BCUT2D eigenvalue weighted by Crippen LogP contribution is -2.18. The van der Waals surface area contributed by atoms with Gasteiger partial charge in [-0.1, -0.05) is 30.3 Å². The summed E-state index contributed by atoms with van der Waals surface area (Å²) in [5.41, 5.74) is 1.20. The number of hydrogen-bond donors (Lipinski definition) is 1. The Kier molecular flexibility index (Phi) is 4.20. The number of rotatable bonds is 5. The number of hydrogen-bond acceptors (Lipinski definition) is 3. The number of nitrogens with zero attached hydrogens (tertiary/aromatic N) is 1.